The van der Waals surface area contributed by atoms with Gasteiger partial charge in [0.2, 0.25) is 12.7 Å². The summed E-state index contributed by atoms with van der Waals surface area (Å²) in [4.78, 5) is 12.1. The number of amides is 1. The van der Waals surface area contributed by atoms with Gasteiger partial charge in [0, 0.05) is 16.6 Å². The molecule has 114 valence electrons. The van der Waals surface area contributed by atoms with Crippen molar-refractivity contribution in [3.8, 4) is 11.5 Å². The van der Waals surface area contributed by atoms with Crippen LogP contribution in [0.4, 0.5) is 5.69 Å². The van der Waals surface area contributed by atoms with E-state index in [0.717, 1.165) is 32.8 Å². The largest absolute Gasteiger partial charge is 0.454 e. The zero-order valence-electron chi connectivity index (χ0n) is 12.2. The second kappa shape index (κ2) is 6.40. The summed E-state index contributed by atoms with van der Waals surface area (Å²) in [5.41, 5.74) is 2.94. The number of hydrogen-bond donors (Lipinski definition) is 1. The smallest absolute Gasteiger partial charge is 0.231 e. The average molecular weight is 362 g/mol. The van der Waals surface area contributed by atoms with Gasteiger partial charge in [-0.3, -0.25) is 4.79 Å². The van der Waals surface area contributed by atoms with E-state index < -0.39 is 0 Å². The number of aryl methyl sites for hydroxylation is 2. The monoisotopic (exact) mass is 361 g/mol. The van der Waals surface area contributed by atoms with Gasteiger partial charge < -0.3 is 14.8 Å². The van der Waals surface area contributed by atoms with Crippen molar-refractivity contribution in [2.45, 2.75) is 19.8 Å². The number of benzene rings is 2. The van der Waals surface area contributed by atoms with Gasteiger partial charge in [0.1, 0.15) is 0 Å². The number of nitrogens with one attached hydrogen (secondary N) is 1. The third-order valence-corrected chi connectivity index (χ3v) is 4.03. The van der Waals surface area contributed by atoms with Crippen LogP contribution in [-0.4, -0.2) is 12.7 Å². The lowest BCUT2D eigenvalue weighted by Gasteiger charge is -2.09. The third kappa shape index (κ3) is 3.42. The zero-order chi connectivity index (χ0) is 15.5. The molecule has 1 aliphatic rings. The minimum Gasteiger partial charge on any atom is -0.454 e. The number of carbonyl (C=O) groups excluding carboxylic acids is 1. The first-order chi connectivity index (χ1) is 10.6. The van der Waals surface area contributed by atoms with Gasteiger partial charge in [0.15, 0.2) is 11.5 Å². The fourth-order valence-corrected chi connectivity index (χ4v) is 2.81. The van der Waals surface area contributed by atoms with E-state index in [1.165, 1.54) is 0 Å². The summed E-state index contributed by atoms with van der Waals surface area (Å²) >= 11 is 3.41. The van der Waals surface area contributed by atoms with Crippen molar-refractivity contribution in [2.24, 2.45) is 0 Å². The highest BCUT2D eigenvalue weighted by atomic mass is 79.9. The van der Waals surface area contributed by atoms with E-state index in [4.69, 9.17) is 9.47 Å². The van der Waals surface area contributed by atoms with Crippen LogP contribution in [-0.2, 0) is 11.2 Å². The number of ether oxygens (including phenoxy) is 2. The summed E-state index contributed by atoms with van der Waals surface area (Å²) in [6, 6.07) is 11.6. The van der Waals surface area contributed by atoms with Crippen LogP contribution in [0.3, 0.4) is 0 Å². The molecule has 0 unspecified atom stereocenters. The Balaban J connectivity index is 1.58. The summed E-state index contributed by atoms with van der Waals surface area (Å²) in [5, 5.41) is 2.94. The highest BCUT2D eigenvalue weighted by Gasteiger charge is 2.13. The molecule has 0 saturated carbocycles. The molecule has 2 aromatic carbocycles. The van der Waals surface area contributed by atoms with Crippen molar-refractivity contribution >= 4 is 27.5 Å². The Morgan fingerprint density at radius 3 is 2.82 bits per heavy atom. The Labute approximate surface area is 137 Å². The van der Waals surface area contributed by atoms with Gasteiger partial charge in [-0.25, -0.2) is 0 Å². The molecule has 22 heavy (non-hydrogen) atoms. The highest BCUT2D eigenvalue weighted by Crippen LogP contribution is 2.32. The molecular formula is C17H16BrNO3. The molecule has 1 heterocycles. The first-order valence-corrected chi connectivity index (χ1v) is 7.85. The standard InChI is InChI=1S/C17H16BrNO3/c1-11-8-13(18)4-5-14(11)19-17(20)7-3-12-2-6-15-16(9-12)22-10-21-15/h2,4-6,8-9H,3,7,10H2,1H3,(H,19,20). The molecule has 1 aliphatic heterocycles. The molecule has 0 spiro atoms. The lowest BCUT2D eigenvalue weighted by molar-refractivity contribution is -0.116. The van der Waals surface area contributed by atoms with Gasteiger partial charge in [-0.1, -0.05) is 22.0 Å². The van der Waals surface area contributed by atoms with Crippen LogP contribution in [0.15, 0.2) is 40.9 Å². The van der Waals surface area contributed by atoms with Gasteiger partial charge in [-0.2, -0.15) is 0 Å². The zero-order valence-corrected chi connectivity index (χ0v) is 13.8. The Morgan fingerprint density at radius 2 is 2.00 bits per heavy atom. The summed E-state index contributed by atoms with van der Waals surface area (Å²) in [6.45, 7) is 2.24. The van der Waals surface area contributed by atoms with Gasteiger partial charge in [0.05, 0.1) is 0 Å². The molecule has 0 saturated heterocycles. The third-order valence-electron chi connectivity index (χ3n) is 3.54. The molecule has 1 amide bonds. The quantitative estimate of drug-likeness (QED) is 0.893. The highest BCUT2D eigenvalue weighted by molar-refractivity contribution is 9.10. The number of halogens is 1. The van der Waals surface area contributed by atoms with Gasteiger partial charge in [-0.15, -0.1) is 0 Å². The number of fused-ring (bicyclic) bond motifs is 1. The molecule has 0 aromatic heterocycles. The van der Waals surface area contributed by atoms with Gasteiger partial charge in [-0.05, 0) is 54.8 Å². The van der Waals surface area contributed by atoms with Crippen LogP contribution in [0.2, 0.25) is 0 Å². The maximum atomic E-state index is 12.1. The SMILES string of the molecule is Cc1cc(Br)ccc1NC(=O)CCc1ccc2c(c1)OCO2. The minimum absolute atomic E-state index is 0.00286. The maximum Gasteiger partial charge on any atom is 0.231 e. The predicted molar refractivity (Wildman–Crippen MR) is 88.4 cm³/mol. The Hall–Kier alpha value is -2.01. The topological polar surface area (TPSA) is 47.6 Å². The summed E-state index contributed by atoms with van der Waals surface area (Å²) in [5.74, 6) is 1.52. The molecular weight excluding hydrogens is 346 g/mol. The van der Waals surface area contributed by atoms with E-state index in [1.807, 2.05) is 43.3 Å². The molecule has 0 atom stereocenters. The van der Waals surface area contributed by atoms with Crippen LogP contribution in [0.25, 0.3) is 0 Å². The molecule has 0 aliphatic carbocycles. The van der Waals surface area contributed by atoms with Gasteiger partial charge in [0.25, 0.3) is 0 Å². The molecule has 0 bridgehead atoms. The number of anilines is 1. The van der Waals surface area contributed by atoms with Crippen LogP contribution >= 0.6 is 15.9 Å². The van der Waals surface area contributed by atoms with Crippen LogP contribution < -0.4 is 14.8 Å². The van der Waals surface area contributed by atoms with Crippen molar-refractivity contribution in [2.75, 3.05) is 12.1 Å². The number of hydrogen-bond acceptors (Lipinski definition) is 3. The summed E-state index contributed by atoms with van der Waals surface area (Å²) in [6.07, 6.45) is 1.09. The number of carbonyl (C=O) groups is 1. The maximum absolute atomic E-state index is 12.1. The molecule has 5 heteroatoms. The molecule has 4 nitrogen and oxygen atoms in total. The first kappa shape index (κ1) is 14.9. The van der Waals surface area contributed by atoms with Crippen molar-refractivity contribution in [1.29, 1.82) is 0 Å². The average Bonchev–Trinajstić information content (AvgIpc) is 2.95. The van der Waals surface area contributed by atoms with Crippen molar-refractivity contribution < 1.29 is 14.3 Å². The van der Waals surface area contributed by atoms with E-state index in [2.05, 4.69) is 21.2 Å². The van der Waals surface area contributed by atoms with Crippen LogP contribution in [0.5, 0.6) is 11.5 Å². The fourth-order valence-electron chi connectivity index (χ4n) is 2.33. The second-order valence-corrected chi connectivity index (χ2v) is 6.11. The van der Waals surface area contributed by atoms with Gasteiger partial charge >= 0.3 is 0 Å². The normalized spacial score (nSPS) is 12.3. The molecule has 3 rings (SSSR count). The summed E-state index contributed by atoms with van der Waals surface area (Å²) in [7, 11) is 0. The Kier molecular flexibility index (Phi) is 4.34. The molecule has 0 radical (unpaired) electrons. The summed E-state index contributed by atoms with van der Waals surface area (Å²) < 4.78 is 11.6. The number of rotatable bonds is 4. The Morgan fingerprint density at radius 1 is 1.18 bits per heavy atom. The van der Waals surface area contributed by atoms with Crippen LogP contribution in [0.1, 0.15) is 17.5 Å². The van der Waals surface area contributed by atoms with E-state index in [0.29, 0.717) is 12.8 Å². The van der Waals surface area contributed by atoms with E-state index >= 15 is 0 Å². The molecule has 2 aromatic rings. The first-order valence-electron chi connectivity index (χ1n) is 7.06. The van der Waals surface area contributed by atoms with Crippen LogP contribution in [0, 0.1) is 6.92 Å². The fraction of sp³-hybridized carbons (Fsp3) is 0.235. The van der Waals surface area contributed by atoms with Crippen molar-refractivity contribution in [3.63, 3.8) is 0 Å². The van der Waals surface area contributed by atoms with Crippen molar-refractivity contribution in [1.82, 2.24) is 0 Å². The lowest BCUT2D eigenvalue weighted by atomic mass is 10.1. The van der Waals surface area contributed by atoms with E-state index in [1.54, 1.807) is 0 Å². The molecule has 1 N–H and O–H groups in total. The predicted octanol–water partition coefficient (Wildman–Crippen LogP) is 4.06. The Bertz CT molecular complexity index is 715. The lowest BCUT2D eigenvalue weighted by Crippen LogP contribution is -2.13. The van der Waals surface area contributed by atoms with Crippen molar-refractivity contribution in [3.05, 3.63) is 52.0 Å². The van der Waals surface area contributed by atoms with E-state index in [-0.39, 0.29) is 12.7 Å². The molecule has 0 fully saturated rings. The second-order valence-electron chi connectivity index (χ2n) is 5.20. The van der Waals surface area contributed by atoms with E-state index in [9.17, 15) is 4.79 Å². The minimum atomic E-state index is 0.00286.